The Morgan fingerprint density at radius 1 is 0.317 bits per heavy atom. The first-order chi connectivity index (χ1) is 30.3. The van der Waals surface area contributed by atoms with Crippen LogP contribution in [0.3, 0.4) is 0 Å². The zero-order chi connectivity index (χ0) is 43.9. The quantitative estimate of drug-likeness (QED) is 0.134. The summed E-state index contributed by atoms with van der Waals surface area (Å²) in [6.45, 7) is 18.3. The first-order valence-corrected chi connectivity index (χ1v) is 22.5. The van der Waals surface area contributed by atoms with E-state index in [-0.39, 0.29) is 10.8 Å². The lowest BCUT2D eigenvalue weighted by molar-refractivity contribution is 0.590. The maximum Gasteiger partial charge on any atom is 0.0468 e. The molecule has 0 aliphatic carbocycles. The van der Waals surface area contributed by atoms with Crippen molar-refractivity contribution in [3.8, 4) is 22.3 Å². The van der Waals surface area contributed by atoms with Gasteiger partial charge in [0.25, 0.3) is 0 Å². The molecule has 9 aromatic rings. The van der Waals surface area contributed by atoms with E-state index in [4.69, 9.17) is 0 Å². The molecule has 0 unspecified atom stereocenters. The standard InChI is InChI=1S/C61H58N2/c1-42(2)45-25-18-30-49(37-45)63(51-32-20-27-47(39-51)61(6,7)8)53-34-36-55-57(41-53)59(44-23-14-10-15-24-44)54-35-33-52(40-56(54)58(55)43-21-12-9-13-22-43)62(48-28-16-11-17-29-48)50-31-19-26-46(38-50)60(3,4)5/h9-42H,1-8H3. The molecule has 63 heavy (non-hydrogen) atoms. The molecule has 9 aromatic carbocycles. The van der Waals surface area contributed by atoms with Crippen LogP contribution in [0.5, 0.6) is 0 Å². The van der Waals surface area contributed by atoms with Gasteiger partial charge in [0.05, 0.1) is 0 Å². The molecule has 0 saturated heterocycles. The highest BCUT2D eigenvalue weighted by Crippen LogP contribution is 2.49. The second-order valence-electron chi connectivity index (χ2n) is 19.3. The van der Waals surface area contributed by atoms with E-state index in [1.165, 1.54) is 60.5 Å². The largest absolute Gasteiger partial charge is 0.310 e. The summed E-state index contributed by atoms with van der Waals surface area (Å²) in [5.41, 5.74) is 15.6. The molecule has 0 aromatic heterocycles. The van der Waals surface area contributed by atoms with E-state index in [1.54, 1.807) is 0 Å². The second-order valence-corrected chi connectivity index (χ2v) is 19.3. The highest BCUT2D eigenvalue weighted by Gasteiger charge is 2.24. The van der Waals surface area contributed by atoms with Gasteiger partial charge in [0.2, 0.25) is 0 Å². The van der Waals surface area contributed by atoms with Crippen LogP contribution >= 0.6 is 0 Å². The van der Waals surface area contributed by atoms with Gasteiger partial charge in [-0.2, -0.15) is 0 Å². The normalized spacial score (nSPS) is 12.0. The van der Waals surface area contributed by atoms with Crippen molar-refractivity contribution in [2.75, 3.05) is 9.80 Å². The third-order valence-corrected chi connectivity index (χ3v) is 12.5. The molecule has 2 heteroatoms. The molecule has 0 N–H and O–H groups in total. The first kappa shape index (κ1) is 41.5. The van der Waals surface area contributed by atoms with Gasteiger partial charge in [-0.25, -0.2) is 0 Å². The summed E-state index contributed by atoms with van der Waals surface area (Å²) >= 11 is 0. The maximum atomic E-state index is 2.45. The summed E-state index contributed by atoms with van der Waals surface area (Å²) in [4.78, 5) is 4.86. The van der Waals surface area contributed by atoms with Crippen molar-refractivity contribution in [3.63, 3.8) is 0 Å². The van der Waals surface area contributed by atoms with Crippen LogP contribution in [0.15, 0.2) is 200 Å². The number of fused-ring (bicyclic) bond motifs is 2. The van der Waals surface area contributed by atoms with Crippen LogP contribution in [-0.2, 0) is 10.8 Å². The summed E-state index contributed by atoms with van der Waals surface area (Å²) in [5.74, 6) is 0.402. The van der Waals surface area contributed by atoms with Gasteiger partial charge in [0, 0.05) is 34.1 Å². The van der Waals surface area contributed by atoms with Gasteiger partial charge in [-0.3, -0.25) is 0 Å². The Morgan fingerprint density at radius 3 is 1.11 bits per heavy atom. The fourth-order valence-electron chi connectivity index (χ4n) is 9.03. The van der Waals surface area contributed by atoms with E-state index in [9.17, 15) is 0 Å². The van der Waals surface area contributed by atoms with E-state index in [1.807, 2.05) is 0 Å². The zero-order valence-corrected chi connectivity index (χ0v) is 38.0. The Kier molecular flexibility index (Phi) is 11.0. The van der Waals surface area contributed by atoms with Crippen molar-refractivity contribution < 1.29 is 0 Å². The number of hydrogen-bond acceptors (Lipinski definition) is 2. The third-order valence-electron chi connectivity index (χ3n) is 12.5. The van der Waals surface area contributed by atoms with E-state index in [2.05, 4.69) is 265 Å². The van der Waals surface area contributed by atoms with Crippen LogP contribution < -0.4 is 9.80 Å². The van der Waals surface area contributed by atoms with Crippen LogP contribution in [0.25, 0.3) is 43.8 Å². The second kappa shape index (κ2) is 16.8. The molecule has 0 atom stereocenters. The van der Waals surface area contributed by atoms with Crippen LogP contribution in [-0.4, -0.2) is 0 Å². The van der Waals surface area contributed by atoms with Crippen LogP contribution in [0.1, 0.15) is 78.0 Å². The minimum absolute atomic E-state index is 0.000833. The van der Waals surface area contributed by atoms with Crippen molar-refractivity contribution in [1.29, 1.82) is 0 Å². The smallest absolute Gasteiger partial charge is 0.0468 e. The van der Waals surface area contributed by atoms with Crippen LogP contribution in [0.4, 0.5) is 34.1 Å². The van der Waals surface area contributed by atoms with Gasteiger partial charge in [-0.1, -0.05) is 183 Å². The Morgan fingerprint density at radius 2 is 0.683 bits per heavy atom. The third kappa shape index (κ3) is 8.27. The Balaban J connectivity index is 1.36. The minimum Gasteiger partial charge on any atom is -0.310 e. The van der Waals surface area contributed by atoms with E-state index in [0.29, 0.717) is 5.92 Å². The molecule has 0 saturated carbocycles. The molecule has 0 spiro atoms. The first-order valence-electron chi connectivity index (χ1n) is 22.5. The zero-order valence-electron chi connectivity index (χ0n) is 38.0. The summed E-state index contributed by atoms with van der Waals surface area (Å²) in [6.07, 6.45) is 0. The predicted molar refractivity (Wildman–Crippen MR) is 273 cm³/mol. The number of benzene rings is 9. The monoisotopic (exact) mass is 818 g/mol. The molecule has 2 nitrogen and oxygen atoms in total. The van der Waals surface area contributed by atoms with E-state index in [0.717, 1.165) is 34.1 Å². The highest BCUT2D eigenvalue weighted by molar-refractivity contribution is 6.22. The molecule has 9 rings (SSSR count). The average molecular weight is 819 g/mol. The lowest BCUT2D eigenvalue weighted by atomic mass is 9.85. The van der Waals surface area contributed by atoms with Crippen molar-refractivity contribution in [2.24, 2.45) is 0 Å². The van der Waals surface area contributed by atoms with Gasteiger partial charge < -0.3 is 9.80 Å². The Bertz CT molecular complexity index is 3040. The minimum atomic E-state index is -0.000833. The molecular weight excluding hydrogens is 761 g/mol. The molecule has 0 radical (unpaired) electrons. The van der Waals surface area contributed by atoms with Gasteiger partial charge in [-0.05, 0) is 150 Å². The molecule has 0 heterocycles. The number of rotatable bonds is 9. The fraction of sp³-hybridized carbons (Fsp3) is 0.180. The van der Waals surface area contributed by atoms with Crippen molar-refractivity contribution in [1.82, 2.24) is 0 Å². The summed E-state index contributed by atoms with van der Waals surface area (Å²) in [7, 11) is 0. The summed E-state index contributed by atoms with van der Waals surface area (Å²) < 4.78 is 0. The van der Waals surface area contributed by atoms with Crippen molar-refractivity contribution in [2.45, 2.75) is 72.1 Å². The van der Waals surface area contributed by atoms with Crippen LogP contribution in [0, 0.1) is 0 Å². The van der Waals surface area contributed by atoms with Crippen LogP contribution in [0.2, 0.25) is 0 Å². The Labute approximate surface area is 375 Å². The van der Waals surface area contributed by atoms with Gasteiger partial charge in [0.15, 0.2) is 0 Å². The number of para-hydroxylation sites is 1. The summed E-state index contributed by atoms with van der Waals surface area (Å²) in [5, 5.41) is 4.86. The Hall–Kier alpha value is -6.90. The molecule has 0 aliphatic rings. The lowest BCUT2D eigenvalue weighted by Gasteiger charge is -2.30. The fourth-order valence-corrected chi connectivity index (χ4v) is 9.03. The lowest BCUT2D eigenvalue weighted by Crippen LogP contribution is -2.14. The number of nitrogens with zero attached hydrogens (tertiary/aromatic N) is 2. The topological polar surface area (TPSA) is 6.48 Å². The average Bonchev–Trinajstić information content (AvgIpc) is 3.29. The predicted octanol–water partition coefficient (Wildman–Crippen LogP) is 18.0. The number of hydrogen-bond donors (Lipinski definition) is 0. The molecule has 0 bridgehead atoms. The number of anilines is 6. The van der Waals surface area contributed by atoms with Gasteiger partial charge >= 0.3 is 0 Å². The maximum absolute atomic E-state index is 2.45. The molecule has 0 fully saturated rings. The highest BCUT2D eigenvalue weighted by atomic mass is 15.1. The molecule has 0 amide bonds. The molecular formula is C61H58N2. The van der Waals surface area contributed by atoms with Crippen molar-refractivity contribution >= 4 is 55.7 Å². The van der Waals surface area contributed by atoms with E-state index < -0.39 is 0 Å². The molecule has 0 aliphatic heterocycles. The molecule has 312 valence electrons. The van der Waals surface area contributed by atoms with Crippen molar-refractivity contribution in [3.05, 3.63) is 217 Å². The van der Waals surface area contributed by atoms with Gasteiger partial charge in [-0.15, -0.1) is 0 Å². The summed E-state index contributed by atoms with van der Waals surface area (Å²) in [6, 6.07) is 74.2. The van der Waals surface area contributed by atoms with Gasteiger partial charge in [0.1, 0.15) is 0 Å². The SMILES string of the molecule is CC(C)c1cccc(N(c2cccc(C(C)(C)C)c2)c2ccc3c(-c4ccccc4)c4cc(N(c5ccccc5)c5cccc(C(C)(C)C)c5)ccc4c(-c4ccccc4)c3c2)c1. The van der Waals surface area contributed by atoms with E-state index >= 15 is 0 Å².